The number of amides is 3. The molecule has 18 heteroatoms. The molecule has 66 heavy (non-hydrogen) atoms. The molecule has 0 saturated carbocycles. The highest BCUT2D eigenvalue weighted by Crippen LogP contribution is 2.42. The van der Waals surface area contributed by atoms with Gasteiger partial charge in [0, 0.05) is 126 Å². The minimum absolute atomic E-state index is 0.103. The number of hydrogen-bond acceptors (Lipinski definition) is 11. The lowest BCUT2D eigenvalue weighted by atomic mass is 9.92. The van der Waals surface area contributed by atoms with Crippen LogP contribution in [0, 0.1) is 5.82 Å². The van der Waals surface area contributed by atoms with Crippen LogP contribution in [0.5, 0.6) is 5.75 Å². The van der Waals surface area contributed by atoms with E-state index in [-0.39, 0.29) is 42.5 Å². The number of carboxylic acid groups (broad SMARTS) is 1. The Hall–Kier alpha value is -6.66. The molecule has 0 aliphatic carbocycles. The topological polar surface area (TPSA) is 207 Å². The summed E-state index contributed by atoms with van der Waals surface area (Å²) < 4.78 is 23.8. The Morgan fingerprint density at radius 1 is 0.924 bits per heavy atom. The van der Waals surface area contributed by atoms with Crippen LogP contribution < -0.4 is 31.7 Å². The van der Waals surface area contributed by atoms with Crippen molar-refractivity contribution in [1.29, 1.82) is 0 Å². The summed E-state index contributed by atoms with van der Waals surface area (Å²) in [6.45, 7) is 5.58. The number of carbonyl (C=O) groups is 4. The van der Waals surface area contributed by atoms with Gasteiger partial charge in [0.15, 0.2) is 5.82 Å². The Balaban J connectivity index is 1.05. The molecule has 1 saturated heterocycles. The minimum Gasteiger partial charge on any atom is -0.496 e. The van der Waals surface area contributed by atoms with Gasteiger partial charge in [-0.25, -0.2) is 10.2 Å². The maximum atomic E-state index is 16.7. The first-order valence-corrected chi connectivity index (χ1v) is 22.6. The van der Waals surface area contributed by atoms with Crippen molar-refractivity contribution in [2.24, 2.45) is 11.6 Å². The largest absolute Gasteiger partial charge is 0.496 e. The number of unbranched alkanes of at least 4 members (excludes halogenated alkanes) is 5. The number of benzene rings is 2. The zero-order valence-electron chi connectivity index (χ0n) is 38.2. The maximum Gasteiger partial charge on any atom is 0.323 e. The van der Waals surface area contributed by atoms with Gasteiger partial charge >= 0.3 is 5.97 Å². The molecule has 2 aromatic heterocycles. The van der Waals surface area contributed by atoms with E-state index in [1.165, 1.54) is 39.5 Å². The number of aromatic amines is 1. The molecule has 0 unspecified atom stereocenters. The first kappa shape index (κ1) is 48.8. The van der Waals surface area contributed by atoms with Gasteiger partial charge < -0.3 is 49.7 Å². The van der Waals surface area contributed by atoms with Crippen molar-refractivity contribution < 1.29 is 33.4 Å². The number of hydrazine groups is 1. The van der Waals surface area contributed by atoms with E-state index in [1.54, 1.807) is 44.3 Å². The summed E-state index contributed by atoms with van der Waals surface area (Å²) in [5.74, 6) is 4.48. The Labute approximate surface area is 384 Å². The second-order valence-corrected chi connectivity index (χ2v) is 17.0. The molecular weight excluding hydrogens is 848 g/mol. The molecule has 0 bridgehead atoms. The van der Waals surface area contributed by atoms with Crippen LogP contribution in [0.25, 0.3) is 27.6 Å². The van der Waals surface area contributed by atoms with E-state index in [9.17, 15) is 24.0 Å². The lowest BCUT2D eigenvalue weighted by Gasteiger charge is -2.36. The van der Waals surface area contributed by atoms with E-state index < -0.39 is 23.9 Å². The van der Waals surface area contributed by atoms with Gasteiger partial charge in [-0.3, -0.25) is 28.9 Å². The predicted molar refractivity (Wildman–Crippen MR) is 254 cm³/mol. The van der Waals surface area contributed by atoms with Crippen molar-refractivity contribution >= 4 is 52.0 Å². The van der Waals surface area contributed by atoms with Crippen molar-refractivity contribution in [2.75, 3.05) is 89.9 Å². The van der Waals surface area contributed by atoms with Crippen LogP contribution in [-0.2, 0) is 20.9 Å². The number of aromatic nitrogens is 2. The quantitative estimate of drug-likeness (QED) is 0.0368. The van der Waals surface area contributed by atoms with E-state index in [2.05, 4.69) is 20.9 Å². The standard InChI is InChI=1S/C48H63FN10O7/c1-53(2)48(65)41-29-40-39(28-38(46(49)47(40)52-41)34-11-10-20-56(30-34)44(62)16-21-59(51)22-17-50)37-14-12-35(27-42(37)66-3)55-25-23-54(24-26-55)18-8-6-4-5-7-9-19-57(33-60)36-13-15-43(61)58(31-36)32-45(63)64/h11-15,17,22,27-29,31,33,52H,4-10,16,18-21,23-26,30,32,50-51H2,1-3H3,(H,63,64)/b22-17-. The van der Waals surface area contributed by atoms with Crippen LogP contribution in [0.4, 0.5) is 15.8 Å². The Kier molecular flexibility index (Phi) is 17.0. The van der Waals surface area contributed by atoms with E-state index in [0.29, 0.717) is 59.4 Å². The summed E-state index contributed by atoms with van der Waals surface area (Å²) >= 11 is 0. The average molecular weight is 911 g/mol. The summed E-state index contributed by atoms with van der Waals surface area (Å²) in [6.07, 6.45) is 13.7. The summed E-state index contributed by atoms with van der Waals surface area (Å²) in [5, 5.41) is 11.0. The van der Waals surface area contributed by atoms with Crippen LogP contribution >= 0.6 is 0 Å². The molecule has 6 rings (SSSR count). The molecular formula is C48H63FN10O7. The Morgan fingerprint density at radius 3 is 2.36 bits per heavy atom. The summed E-state index contributed by atoms with van der Waals surface area (Å²) in [5.41, 5.74) is 9.43. The van der Waals surface area contributed by atoms with Crippen LogP contribution in [0.1, 0.15) is 67.4 Å². The molecule has 2 aliphatic rings. The summed E-state index contributed by atoms with van der Waals surface area (Å²) in [6, 6.07) is 12.4. The van der Waals surface area contributed by atoms with Crippen LogP contribution in [0.3, 0.4) is 0 Å². The molecule has 3 amide bonds. The third-order valence-corrected chi connectivity index (χ3v) is 12.3. The molecule has 0 radical (unpaired) electrons. The zero-order chi connectivity index (χ0) is 47.3. The second kappa shape index (κ2) is 23.0. The van der Waals surface area contributed by atoms with E-state index in [4.69, 9.17) is 21.4 Å². The number of methoxy groups -OCH3 is 1. The number of nitrogens with two attached hydrogens (primary N) is 2. The van der Waals surface area contributed by atoms with Gasteiger partial charge in [0.05, 0.1) is 18.3 Å². The van der Waals surface area contributed by atoms with Gasteiger partial charge in [-0.15, -0.1) is 0 Å². The minimum atomic E-state index is -1.12. The number of ether oxygens (including phenoxy) is 1. The highest BCUT2D eigenvalue weighted by molar-refractivity contribution is 6.05. The van der Waals surface area contributed by atoms with Crippen molar-refractivity contribution in [3.63, 3.8) is 0 Å². The summed E-state index contributed by atoms with van der Waals surface area (Å²) in [4.78, 5) is 73.7. The number of H-pyrrole nitrogens is 1. The fourth-order valence-corrected chi connectivity index (χ4v) is 8.65. The van der Waals surface area contributed by atoms with Gasteiger partial charge in [0.1, 0.15) is 18.0 Å². The number of aliphatic carboxylic acids is 1. The number of fused-ring (bicyclic) bond motifs is 1. The number of hydrogen-bond donors (Lipinski definition) is 4. The Bertz CT molecular complexity index is 2470. The molecule has 0 spiro atoms. The SMILES string of the molecule is COc1cc(N2CCN(CCCCCCCCN(C=O)c3ccc(=O)n(CC(=O)O)c3)CC2)ccc1-c1cc(C2=CCCN(C(=O)CCN(N)/C=C\N)C2)c(F)c2[nH]c(C(=O)N(C)C)cc12. The molecule has 1 fully saturated rings. The molecule has 2 aliphatic heterocycles. The predicted octanol–water partition coefficient (Wildman–Crippen LogP) is 4.67. The normalized spacial score (nSPS) is 14.4. The molecule has 354 valence electrons. The van der Waals surface area contributed by atoms with Crippen molar-refractivity contribution in [1.82, 2.24) is 29.3 Å². The van der Waals surface area contributed by atoms with Gasteiger partial charge in [-0.1, -0.05) is 31.8 Å². The lowest BCUT2D eigenvalue weighted by molar-refractivity contribution is -0.137. The third kappa shape index (κ3) is 12.2. The molecule has 6 N–H and O–H groups in total. The number of pyridine rings is 1. The highest BCUT2D eigenvalue weighted by atomic mass is 19.1. The van der Waals surface area contributed by atoms with Crippen LogP contribution in [0.15, 0.2) is 71.9 Å². The molecule has 2 aromatic carbocycles. The zero-order valence-corrected chi connectivity index (χ0v) is 38.2. The fraction of sp³-hybridized carbons (Fsp3) is 0.438. The number of rotatable bonds is 22. The number of halogens is 1. The summed E-state index contributed by atoms with van der Waals surface area (Å²) in [7, 11) is 4.92. The number of anilines is 2. The monoisotopic (exact) mass is 910 g/mol. The van der Waals surface area contributed by atoms with Crippen molar-refractivity contribution in [2.45, 2.75) is 57.9 Å². The van der Waals surface area contributed by atoms with Crippen molar-refractivity contribution in [3.05, 3.63) is 94.6 Å². The fourth-order valence-electron chi connectivity index (χ4n) is 8.65. The maximum absolute atomic E-state index is 16.7. The van der Waals surface area contributed by atoms with Gasteiger partial charge in [0.2, 0.25) is 12.3 Å². The van der Waals surface area contributed by atoms with Crippen molar-refractivity contribution in [3.8, 4) is 16.9 Å². The third-order valence-electron chi connectivity index (χ3n) is 12.3. The van der Waals surface area contributed by atoms with E-state index >= 15 is 4.39 Å². The number of nitrogens with one attached hydrogen (secondary N) is 1. The van der Waals surface area contributed by atoms with Crippen LogP contribution in [0.2, 0.25) is 0 Å². The van der Waals surface area contributed by atoms with E-state index in [0.717, 1.165) is 87.1 Å². The molecule has 17 nitrogen and oxygen atoms in total. The second-order valence-electron chi connectivity index (χ2n) is 17.0. The number of carboxylic acids is 1. The highest BCUT2D eigenvalue weighted by Gasteiger charge is 2.27. The lowest BCUT2D eigenvalue weighted by Crippen LogP contribution is -2.46. The first-order chi connectivity index (χ1) is 31.8. The number of nitrogens with zero attached hydrogens (tertiary/aromatic N) is 7. The van der Waals surface area contributed by atoms with Gasteiger partial charge in [0.25, 0.3) is 11.5 Å². The Morgan fingerprint density at radius 2 is 1.67 bits per heavy atom. The van der Waals surface area contributed by atoms with Gasteiger partial charge in [-0.05, 0) is 67.3 Å². The average Bonchev–Trinajstić information content (AvgIpc) is 3.77. The smallest absolute Gasteiger partial charge is 0.323 e. The van der Waals surface area contributed by atoms with E-state index in [1.807, 2.05) is 18.2 Å². The first-order valence-electron chi connectivity index (χ1n) is 22.6. The molecule has 0 atom stereocenters. The van der Waals surface area contributed by atoms with Gasteiger partial charge in [-0.2, -0.15) is 0 Å². The van der Waals surface area contributed by atoms with Crippen LogP contribution in [-0.4, -0.2) is 139 Å². The number of piperazine rings is 1. The molecule has 4 heterocycles. The number of carbonyl (C=O) groups excluding carboxylic acids is 3. The molecule has 4 aromatic rings.